The Morgan fingerprint density at radius 2 is 2.25 bits per heavy atom. The van der Waals surface area contributed by atoms with Gasteiger partial charge >= 0.3 is 0 Å². The summed E-state index contributed by atoms with van der Waals surface area (Å²) in [6, 6.07) is 2.03. The average Bonchev–Trinajstić information content (AvgIpc) is 2.81. The highest BCUT2D eigenvalue weighted by atomic mass is 15.3. The van der Waals surface area contributed by atoms with Crippen LogP contribution in [0.5, 0.6) is 0 Å². The molecule has 16 heavy (non-hydrogen) atoms. The van der Waals surface area contributed by atoms with E-state index in [1.165, 1.54) is 0 Å². The second kappa shape index (κ2) is 3.25. The summed E-state index contributed by atoms with van der Waals surface area (Å²) < 4.78 is 1.91. The quantitative estimate of drug-likeness (QED) is 0.779. The summed E-state index contributed by atoms with van der Waals surface area (Å²) in [4.78, 5) is 0. The normalized spacial score (nSPS) is 19.6. The summed E-state index contributed by atoms with van der Waals surface area (Å²) in [7, 11) is 0. The maximum absolute atomic E-state index is 5.96. The van der Waals surface area contributed by atoms with Crippen molar-refractivity contribution in [2.45, 2.75) is 38.6 Å². The van der Waals surface area contributed by atoms with Crippen LogP contribution in [-0.4, -0.2) is 19.8 Å². The third-order valence-corrected chi connectivity index (χ3v) is 3.16. The molecule has 0 fully saturated rings. The number of fused-ring (bicyclic) bond motifs is 3. The molecule has 2 heterocycles. The lowest BCUT2D eigenvalue weighted by molar-refractivity contribution is 0.689. The Morgan fingerprint density at radius 1 is 1.44 bits per heavy atom. The van der Waals surface area contributed by atoms with Crippen molar-refractivity contribution in [1.29, 1.82) is 0 Å². The summed E-state index contributed by atoms with van der Waals surface area (Å²) in [5.74, 6) is 0.410. The van der Waals surface area contributed by atoms with Gasteiger partial charge < -0.3 is 5.73 Å². The topological polar surface area (TPSA) is 69.1 Å². The summed E-state index contributed by atoms with van der Waals surface area (Å²) in [6.45, 7) is 4.25. The van der Waals surface area contributed by atoms with Gasteiger partial charge in [0.05, 0.1) is 17.4 Å². The van der Waals surface area contributed by atoms with Gasteiger partial charge in [0.1, 0.15) is 5.69 Å². The Labute approximate surface area is 93.7 Å². The lowest BCUT2D eigenvalue weighted by Gasteiger charge is -2.02. The van der Waals surface area contributed by atoms with E-state index < -0.39 is 0 Å². The van der Waals surface area contributed by atoms with Crippen LogP contribution in [0.4, 0.5) is 0 Å². The molecule has 0 saturated carbocycles. The lowest BCUT2D eigenvalue weighted by Crippen LogP contribution is -2.10. The SMILES string of the molecule is CC(C)c1cc2nnc3c(n2n1)CCC3N. The molecule has 5 heteroatoms. The smallest absolute Gasteiger partial charge is 0.177 e. The number of nitrogens with zero attached hydrogens (tertiary/aromatic N) is 4. The minimum Gasteiger partial charge on any atom is -0.323 e. The Bertz CT molecular complexity index is 543. The van der Waals surface area contributed by atoms with Crippen molar-refractivity contribution in [3.8, 4) is 0 Å². The van der Waals surface area contributed by atoms with E-state index in [2.05, 4.69) is 29.1 Å². The standard InChI is InChI=1S/C11H15N5/c1-6(2)8-5-10-13-14-11-7(12)3-4-9(11)16(10)15-8/h5-7H,3-4,12H2,1-2H3. The summed E-state index contributed by atoms with van der Waals surface area (Å²) >= 11 is 0. The summed E-state index contributed by atoms with van der Waals surface area (Å²) in [5, 5.41) is 13.0. The van der Waals surface area contributed by atoms with Crippen LogP contribution < -0.4 is 5.73 Å². The van der Waals surface area contributed by atoms with Gasteiger partial charge in [-0.25, -0.2) is 4.52 Å². The van der Waals surface area contributed by atoms with E-state index in [-0.39, 0.29) is 6.04 Å². The summed E-state index contributed by atoms with van der Waals surface area (Å²) in [5.41, 5.74) is 9.89. The molecule has 1 atom stereocenters. The zero-order valence-electron chi connectivity index (χ0n) is 9.51. The van der Waals surface area contributed by atoms with Crippen LogP contribution >= 0.6 is 0 Å². The first kappa shape index (κ1) is 9.72. The lowest BCUT2D eigenvalue weighted by atomic mass is 10.1. The highest BCUT2D eigenvalue weighted by Gasteiger charge is 2.25. The van der Waals surface area contributed by atoms with E-state index in [1.807, 2.05) is 10.6 Å². The van der Waals surface area contributed by atoms with Gasteiger partial charge in [0.2, 0.25) is 0 Å². The monoisotopic (exact) mass is 217 g/mol. The molecule has 0 saturated heterocycles. The van der Waals surface area contributed by atoms with Crippen LogP contribution in [0.1, 0.15) is 49.3 Å². The Kier molecular flexibility index (Phi) is 1.97. The van der Waals surface area contributed by atoms with Crippen LogP contribution in [0.15, 0.2) is 6.07 Å². The minimum absolute atomic E-state index is 0.0265. The molecule has 0 amide bonds. The van der Waals surface area contributed by atoms with Crippen LogP contribution in [0, 0.1) is 0 Å². The van der Waals surface area contributed by atoms with E-state index in [9.17, 15) is 0 Å². The van der Waals surface area contributed by atoms with E-state index in [0.29, 0.717) is 5.92 Å². The predicted octanol–water partition coefficient (Wildman–Crippen LogP) is 1.19. The molecule has 0 bridgehead atoms. The van der Waals surface area contributed by atoms with Crippen molar-refractivity contribution in [3.05, 3.63) is 23.1 Å². The van der Waals surface area contributed by atoms with E-state index in [4.69, 9.17) is 5.73 Å². The molecule has 1 aliphatic carbocycles. The average molecular weight is 217 g/mol. The fourth-order valence-electron chi connectivity index (χ4n) is 2.16. The second-order valence-electron chi connectivity index (χ2n) is 4.67. The first-order valence-electron chi connectivity index (χ1n) is 5.67. The van der Waals surface area contributed by atoms with Crippen molar-refractivity contribution in [1.82, 2.24) is 19.8 Å². The highest BCUT2D eigenvalue weighted by molar-refractivity contribution is 5.42. The first-order chi connectivity index (χ1) is 7.66. The Hall–Kier alpha value is -1.49. The van der Waals surface area contributed by atoms with Crippen LogP contribution in [0.3, 0.4) is 0 Å². The molecule has 0 radical (unpaired) electrons. The van der Waals surface area contributed by atoms with Gasteiger partial charge in [0, 0.05) is 6.07 Å². The second-order valence-corrected chi connectivity index (χ2v) is 4.67. The van der Waals surface area contributed by atoms with Gasteiger partial charge in [-0.3, -0.25) is 0 Å². The minimum atomic E-state index is 0.0265. The molecule has 1 aliphatic rings. The van der Waals surface area contributed by atoms with Crippen LogP contribution in [-0.2, 0) is 6.42 Å². The van der Waals surface area contributed by atoms with Crippen LogP contribution in [0.2, 0.25) is 0 Å². The predicted molar refractivity (Wildman–Crippen MR) is 60.1 cm³/mol. The molecule has 5 nitrogen and oxygen atoms in total. The van der Waals surface area contributed by atoms with Crippen molar-refractivity contribution >= 4 is 5.65 Å². The Balaban J connectivity index is 2.25. The molecule has 1 unspecified atom stereocenters. The van der Waals surface area contributed by atoms with Gasteiger partial charge in [-0.1, -0.05) is 13.8 Å². The first-order valence-corrected chi connectivity index (χ1v) is 5.67. The molecule has 0 aromatic carbocycles. The number of aryl methyl sites for hydroxylation is 1. The summed E-state index contributed by atoms with van der Waals surface area (Å²) in [6.07, 6.45) is 1.89. The molecule has 2 aromatic heterocycles. The fraction of sp³-hybridized carbons (Fsp3) is 0.545. The number of hydrogen-bond donors (Lipinski definition) is 1. The van der Waals surface area contributed by atoms with Gasteiger partial charge in [-0.2, -0.15) is 5.10 Å². The number of rotatable bonds is 1. The largest absolute Gasteiger partial charge is 0.323 e. The Morgan fingerprint density at radius 3 is 3.00 bits per heavy atom. The fourth-order valence-corrected chi connectivity index (χ4v) is 2.16. The molecule has 0 spiro atoms. The maximum Gasteiger partial charge on any atom is 0.177 e. The zero-order valence-corrected chi connectivity index (χ0v) is 9.51. The van der Waals surface area contributed by atoms with Crippen molar-refractivity contribution in [2.75, 3.05) is 0 Å². The molecule has 84 valence electrons. The third kappa shape index (κ3) is 1.24. The number of aromatic nitrogens is 4. The number of nitrogens with two attached hydrogens (primary N) is 1. The van der Waals surface area contributed by atoms with E-state index >= 15 is 0 Å². The third-order valence-electron chi connectivity index (χ3n) is 3.16. The highest BCUT2D eigenvalue weighted by Crippen LogP contribution is 2.27. The van der Waals surface area contributed by atoms with E-state index in [0.717, 1.165) is 35.6 Å². The molecule has 0 aliphatic heterocycles. The van der Waals surface area contributed by atoms with Crippen molar-refractivity contribution in [3.63, 3.8) is 0 Å². The molecule has 2 aromatic rings. The van der Waals surface area contributed by atoms with Gasteiger partial charge in [-0.15, -0.1) is 10.2 Å². The molecule has 3 rings (SSSR count). The zero-order chi connectivity index (χ0) is 11.3. The maximum atomic E-state index is 5.96. The number of hydrogen-bond acceptors (Lipinski definition) is 4. The van der Waals surface area contributed by atoms with Crippen molar-refractivity contribution in [2.24, 2.45) is 5.73 Å². The van der Waals surface area contributed by atoms with Gasteiger partial charge in [0.15, 0.2) is 5.65 Å². The van der Waals surface area contributed by atoms with E-state index in [1.54, 1.807) is 0 Å². The van der Waals surface area contributed by atoms with Gasteiger partial charge in [0.25, 0.3) is 0 Å². The van der Waals surface area contributed by atoms with Gasteiger partial charge in [-0.05, 0) is 18.8 Å². The molecular weight excluding hydrogens is 202 g/mol. The van der Waals surface area contributed by atoms with Crippen LogP contribution in [0.25, 0.3) is 5.65 Å². The molecular formula is C11H15N5. The van der Waals surface area contributed by atoms with Crippen molar-refractivity contribution < 1.29 is 0 Å². The molecule has 2 N–H and O–H groups in total.